The zero-order chi connectivity index (χ0) is 24.7. The zero-order valence-corrected chi connectivity index (χ0v) is 20.5. The molecule has 1 amide bonds. The predicted molar refractivity (Wildman–Crippen MR) is 136 cm³/mol. The molecule has 3 atom stereocenters. The maximum atomic E-state index is 14.1. The van der Waals surface area contributed by atoms with Gasteiger partial charge in [0.2, 0.25) is 5.54 Å². The van der Waals surface area contributed by atoms with Crippen molar-refractivity contribution in [2.24, 2.45) is 5.73 Å². The number of aliphatic hydroxyl groups is 1. The molecule has 3 aliphatic rings. The quantitative estimate of drug-likeness (QED) is 0.515. The van der Waals surface area contributed by atoms with Crippen LogP contribution in [0.4, 0.5) is 0 Å². The number of nitrogens with one attached hydrogen (secondary N) is 1. The minimum Gasteiger partial charge on any atom is -0.454 e. The monoisotopic (exact) mass is 486 g/mol. The number of ketones is 1. The maximum Gasteiger partial charge on any atom is 0.270 e. The summed E-state index contributed by atoms with van der Waals surface area (Å²) < 4.78 is 7.16. The first-order valence-corrected chi connectivity index (χ1v) is 12.6. The SMILES string of the molecule is Cc1c(C(=O)NC23C(=O)C4=C(C=CCC4N)C2(O)Oc2cc(C(C)C)ccc23)sc2ccccc12. The summed E-state index contributed by atoms with van der Waals surface area (Å²) in [5, 5.41) is 16.0. The van der Waals surface area contributed by atoms with Crippen molar-refractivity contribution in [2.45, 2.75) is 50.5 Å². The van der Waals surface area contributed by atoms with Gasteiger partial charge in [-0.1, -0.05) is 56.3 Å². The van der Waals surface area contributed by atoms with Crippen LogP contribution >= 0.6 is 11.3 Å². The lowest BCUT2D eigenvalue weighted by Crippen LogP contribution is -2.63. The van der Waals surface area contributed by atoms with Gasteiger partial charge in [0.15, 0.2) is 5.78 Å². The molecular formula is C28H26N2O4S. The Balaban J connectivity index is 1.54. The van der Waals surface area contributed by atoms with Crippen LogP contribution in [0.15, 0.2) is 65.8 Å². The lowest BCUT2D eigenvalue weighted by Gasteiger charge is -2.35. The van der Waals surface area contributed by atoms with Crippen molar-refractivity contribution < 1.29 is 19.4 Å². The molecule has 3 unspecified atom stereocenters. The molecule has 7 heteroatoms. The Kier molecular flexibility index (Phi) is 4.68. The zero-order valence-electron chi connectivity index (χ0n) is 19.7. The van der Waals surface area contributed by atoms with E-state index in [4.69, 9.17) is 10.5 Å². The van der Waals surface area contributed by atoms with Crippen molar-refractivity contribution in [1.29, 1.82) is 0 Å². The number of amides is 1. The Morgan fingerprint density at radius 1 is 1.26 bits per heavy atom. The highest BCUT2D eigenvalue weighted by Gasteiger charge is 2.72. The molecule has 0 fully saturated rings. The molecule has 3 aromatic rings. The van der Waals surface area contributed by atoms with E-state index in [1.165, 1.54) is 11.3 Å². The van der Waals surface area contributed by atoms with Crippen molar-refractivity contribution in [3.05, 3.63) is 87.3 Å². The van der Waals surface area contributed by atoms with E-state index in [1.54, 1.807) is 12.1 Å². The van der Waals surface area contributed by atoms with Gasteiger partial charge in [-0.15, -0.1) is 11.3 Å². The first kappa shape index (κ1) is 22.2. The van der Waals surface area contributed by atoms with Gasteiger partial charge in [0.05, 0.1) is 4.88 Å². The molecule has 2 aliphatic carbocycles. The number of carbonyl (C=O) groups excluding carboxylic acids is 2. The molecule has 6 nitrogen and oxygen atoms in total. The normalized spacial score (nSPS) is 26.7. The van der Waals surface area contributed by atoms with E-state index in [-0.39, 0.29) is 5.92 Å². The van der Waals surface area contributed by atoms with Gasteiger partial charge < -0.3 is 20.9 Å². The van der Waals surface area contributed by atoms with Crippen LogP contribution in [0, 0.1) is 6.92 Å². The Hall–Kier alpha value is -3.26. The highest BCUT2D eigenvalue weighted by molar-refractivity contribution is 7.21. The largest absolute Gasteiger partial charge is 0.454 e. The number of aryl methyl sites for hydroxylation is 1. The third kappa shape index (κ3) is 2.77. The number of thiophene rings is 1. The molecule has 1 aromatic heterocycles. The van der Waals surface area contributed by atoms with Gasteiger partial charge in [0, 0.05) is 27.5 Å². The summed E-state index contributed by atoms with van der Waals surface area (Å²) in [7, 11) is 0. The number of Topliss-reactive ketones (excluding diaryl/α,β-unsaturated/α-hetero) is 1. The smallest absolute Gasteiger partial charge is 0.270 e. The molecule has 178 valence electrons. The predicted octanol–water partition coefficient (Wildman–Crippen LogP) is 4.21. The summed E-state index contributed by atoms with van der Waals surface area (Å²) in [4.78, 5) is 28.4. The van der Waals surface area contributed by atoms with Crippen molar-refractivity contribution >= 4 is 33.1 Å². The molecule has 2 aromatic carbocycles. The van der Waals surface area contributed by atoms with Crippen LogP contribution in [0.3, 0.4) is 0 Å². The van der Waals surface area contributed by atoms with E-state index in [0.717, 1.165) is 21.2 Å². The van der Waals surface area contributed by atoms with E-state index in [9.17, 15) is 14.7 Å². The number of benzene rings is 2. The Bertz CT molecular complexity index is 1500. The lowest BCUT2D eigenvalue weighted by molar-refractivity contribution is -0.154. The molecule has 4 N–H and O–H groups in total. The molecule has 0 radical (unpaired) electrons. The average molecular weight is 487 g/mol. The van der Waals surface area contributed by atoms with E-state index in [2.05, 4.69) is 19.2 Å². The lowest BCUT2D eigenvalue weighted by atomic mass is 9.81. The van der Waals surface area contributed by atoms with Crippen LogP contribution in [-0.2, 0) is 10.3 Å². The molecule has 0 spiro atoms. The van der Waals surface area contributed by atoms with Crippen molar-refractivity contribution in [3.63, 3.8) is 0 Å². The second-order valence-corrected chi connectivity index (χ2v) is 10.9. The summed E-state index contributed by atoms with van der Waals surface area (Å²) in [5.41, 5.74) is 7.40. The van der Waals surface area contributed by atoms with Gasteiger partial charge in [-0.3, -0.25) is 9.59 Å². The average Bonchev–Trinajstić information content (AvgIpc) is 3.37. The van der Waals surface area contributed by atoms with Gasteiger partial charge in [0.25, 0.3) is 11.7 Å². The summed E-state index contributed by atoms with van der Waals surface area (Å²) in [6.07, 6.45) is 4.00. The number of hydrogen-bond donors (Lipinski definition) is 3. The van der Waals surface area contributed by atoms with Crippen LogP contribution in [0.2, 0.25) is 0 Å². The van der Waals surface area contributed by atoms with Crippen LogP contribution in [0.5, 0.6) is 5.75 Å². The van der Waals surface area contributed by atoms with E-state index in [0.29, 0.717) is 33.8 Å². The summed E-state index contributed by atoms with van der Waals surface area (Å²) in [5.74, 6) is -2.34. The van der Waals surface area contributed by atoms with Crippen LogP contribution in [-0.4, -0.2) is 28.6 Å². The molecule has 2 heterocycles. The fourth-order valence-corrected chi connectivity index (χ4v) is 6.70. The third-order valence-electron chi connectivity index (χ3n) is 7.48. The van der Waals surface area contributed by atoms with E-state index < -0.39 is 29.1 Å². The number of carbonyl (C=O) groups is 2. The highest BCUT2D eigenvalue weighted by atomic mass is 32.1. The van der Waals surface area contributed by atoms with Crippen LogP contribution in [0.1, 0.15) is 52.5 Å². The number of ether oxygens (including phenoxy) is 1. The van der Waals surface area contributed by atoms with Crippen molar-refractivity contribution in [2.75, 3.05) is 0 Å². The van der Waals surface area contributed by atoms with Gasteiger partial charge in [-0.2, -0.15) is 0 Å². The number of hydrogen-bond acceptors (Lipinski definition) is 6. The fourth-order valence-electron chi connectivity index (χ4n) is 5.60. The summed E-state index contributed by atoms with van der Waals surface area (Å²) in [6, 6.07) is 12.7. The first-order valence-electron chi connectivity index (χ1n) is 11.8. The van der Waals surface area contributed by atoms with Crippen LogP contribution < -0.4 is 15.8 Å². The van der Waals surface area contributed by atoms with E-state index >= 15 is 0 Å². The highest BCUT2D eigenvalue weighted by Crippen LogP contribution is 2.58. The molecule has 0 saturated carbocycles. The Morgan fingerprint density at radius 2 is 2.03 bits per heavy atom. The fraction of sp³-hybridized carbons (Fsp3) is 0.286. The summed E-state index contributed by atoms with van der Waals surface area (Å²) in [6.45, 7) is 6.01. The van der Waals surface area contributed by atoms with Crippen molar-refractivity contribution in [1.82, 2.24) is 5.32 Å². The minimum atomic E-state index is -2.09. The molecule has 35 heavy (non-hydrogen) atoms. The topological polar surface area (TPSA) is 102 Å². The molecule has 6 rings (SSSR count). The maximum absolute atomic E-state index is 14.1. The Labute approximate surface area is 207 Å². The second-order valence-electron chi connectivity index (χ2n) is 9.81. The van der Waals surface area contributed by atoms with Gasteiger partial charge in [0.1, 0.15) is 5.75 Å². The number of nitrogens with two attached hydrogens (primary N) is 1. The van der Waals surface area contributed by atoms with Crippen molar-refractivity contribution in [3.8, 4) is 5.75 Å². The van der Waals surface area contributed by atoms with Gasteiger partial charge in [-0.05, 0) is 47.9 Å². The van der Waals surface area contributed by atoms with Crippen LogP contribution in [0.25, 0.3) is 10.1 Å². The second kappa shape index (κ2) is 7.37. The molecule has 0 bridgehead atoms. The third-order valence-corrected chi connectivity index (χ3v) is 8.75. The number of rotatable bonds is 3. The molecule has 0 saturated heterocycles. The number of fused-ring (bicyclic) bond motifs is 5. The van der Waals surface area contributed by atoms with E-state index in [1.807, 2.05) is 49.4 Å². The minimum absolute atomic E-state index is 0.221. The molecule has 1 aliphatic heterocycles. The summed E-state index contributed by atoms with van der Waals surface area (Å²) >= 11 is 1.36. The standard InChI is InChI=1S/C28H26N2O4S/c1-14(2)16-11-12-18-21(13-16)34-28(33)19-8-6-9-20(29)23(19)25(31)27(18,28)30-26(32)24-15(3)17-7-4-5-10-22(17)35-24/h4-8,10-14,20,33H,9,29H2,1-3H3,(H,30,32). The van der Waals surface area contributed by atoms with Gasteiger partial charge in [-0.25, -0.2) is 0 Å². The first-order chi connectivity index (χ1) is 16.7. The Morgan fingerprint density at radius 3 is 2.77 bits per heavy atom. The molecular weight excluding hydrogens is 460 g/mol. The van der Waals surface area contributed by atoms with Gasteiger partial charge >= 0.3 is 0 Å².